The summed E-state index contributed by atoms with van der Waals surface area (Å²) in [6, 6.07) is 15.5. The van der Waals surface area contributed by atoms with Gasteiger partial charge in [0.1, 0.15) is 11.6 Å². The Morgan fingerprint density at radius 3 is 2.55 bits per heavy atom. The van der Waals surface area contributed by atoms with Crippen LogP contribution in [-0.2, 0) is 32.1 Å². The molecule has 1 aliphatic rings. The van der Waals surface area contributed by atoms with Gasteiger partial charge in [0.15, 0.2) is 0 Å². The first-order valence-electron chi connectivity index (χ1n) is 13.9. The van der Waals surface area contributed by atoms with Gasteiger partial charge in [0.05, 0.1) is 19.8 Å². The van der Waals surface area contributed by atoms with Crippen molar-refractivity contribution in [1.29, 1.82) is 0 Å². The van der Waals surface area contributed by atoms with Gasteiger partial charge in [-0.3, -0.25) is 9.69 Å². The maximum Gasteiger partial charge on any atom is 0.510 e. The van der Waals surface area contributed by atoms with Crippen LogP contribution in [0.4, 0.5) is 10.6 Å². The van der Waals surface area contributed by atoms with E-state index in [-0.39, 0.29) is 25.5 Å². The van der Waals surface area contributed by atoms with Crippen LogP contribution < -0.4 is 4.90 Å². The quantitative estimate of drug-likeness (QED) is 0.104. The number of amides is 1. The summed E-state index contributed by atoms with van der Waals surface area (Å²) >= 11 is 0. The number of carbonyl (C=O) groups excluding carboxylic acids is 2. The lowest BCUT2D eigenvalue weighted by atomic mass is 9.98. The Labute approximate surface area is 251 Å². The zero-order chi connectivity index (χ0) is 31.2. The number of ether oxygens (including phenoxy) is 2. The van der Waals surface area contributed by atoms with Gasteiger partial charge < -0.3 is 14.3 Å². The molecule has 0 spiro atoms. The smallest absolute Gasteiger partial charge is 0.434 e. The van der Waals surface area contributed by atoms with Gasteiger partial charge in [-0.15, -0.1) is 25.1 Å². The fourth-order valence-corrected chi connectivity index (χ4v) is 4.84. The molecular weight excluding hydrogens is 572 g/mol. The Kier molecular flexibility index (Phi) is 9.02. The molecule has 1 atom stereocenters. The maximum absolute atomic E-state index is 12.9. The summed E-state index contributed by atoms with van der Waals surface area (Å²) in [4.78, 5) is 51.1. The standard InChI is InChI=1S/C29H30N8O7/c1-18-23-13-14-26(38)35(28(23)31-19(2)30-18)17-21-9-11-22(12-10-21)24-7-4-5-8-25(24)27-32-34-36(33-27)20(3)44-29(39)42-15-6-16-43-37(40)41/h4-5,7-12,20H,6,13-17H2,1-3H3. The number of aromatic nitrogens is 6. The van der Waals surface area contributed by atoms with E-state index in [2.05, 4.69) is 30.2 Å². The lowest BCUT2D eigenvalue weighted by Crippen LogP contribution is -2.36. The Balaban J connectivity index is 1.26. The minimum atomic E-state index is -0.981. The number of benzene rings is 2. The SMILES string of the molecule is Cc1nc(C)c2c(n1)N(Cc1ccc(-c3ccccc3-c3nnn(C(C)OC(=O)OCCCO[N+](=O)[O-])n3)cc1)C(=O)CC2. The largest absolute Gasteiger partial charge is 0.510 e. The second kappa shape index (κ2) is 13.2. The van der Waals surface area contributed by atoms with E-state index in [0.717, 1.165) is 38.3 Å². The first-order valence-corrected chi connectivity index (χ1v) is 13.9. The van der Waals surface area contributed by atoms with Crippen LogP contribution in [0.3, 0.4) is 0 Å². The highest BCUT2D eigenvalue weighted by Gasteiger charge is 2.28. The predicted molar refractivity (Wildman–Crippen MR) is 154 cm³/mol. The predicted octanol–water partition coefficient (Wildman–Crippen LogP) is 4.16. The normalized spacial score (nSPS) is 13.2. The van der Waals surface area contributed by atoms with Gasteiger partial charge in [0.2, 0.25) is 18.0 Å². The van der Waals surface area contributed by atoms with Crippen LogP contribution in [0.5, 0.6) is 0 Å². The fourth-order valence-electron chi connectivity index (χ4n) is 4.84. The molecule has 1 unspecified atom stereocenters. The summed E-state index contributed by atoms with van der Waals surface area (Å²) in [6.07, 6.45) is -0.710. The van der Waals surface area contributed by atoms with Gasteiger partial charge in [0.25, 0.3) is 5.09 Å². The van der Waals surface area contributed by atoms with Crippen LogP contribution in [0, 0.1) is 24.0 Å². The van der Waals surface area contributed by atoms with Crippen LogP contribution >= 0.6 is 0 Å². The molecule has 5 rings (SSSR count). The lowest BCUT2D eigenvalue weighted by molar-refractivity contribution is -0.757. The van der Waals surface area contributed by atoms with E-state index in [9.17, 15) is 19.7 Å². The highest BCUT2D eigenvalue weighted by atomic mass is 16.9. The summed E-state index contributed by atoms with van der Waals surface area (Å²) in [5.74, 6) is 1.68. The molecule has 15 nitrogen and oxygen atoms in total. The number of carbonyl (C=O) groups is 2. The number of hydrogen-bond donors (Lipinski definition) is 0. The molecule has 0 fully saturated rings. The summed E-state index contributed by atoms with van der Waals surface area (Å²) in [5.41, 5.74) is 5.36. The van der Waals surface area contributed by atoms with Crippen molar-refractivity contribution >= 4 is 17.9 Å². The molecule has 44 heavy (non-hydrogen) atoms. The van der Waals surface area contributed by atoms with Crippen molar-refractivity contribution in [2.75, 3.05) is 18.1 Å². The number of rotatable bonds is 11. The summed E-state index contributed by atoms with van der Waals surface area (Å²) < 4.78 is 10.1. The van der Waals surface area contributed by atoms with Crippen molar-refractivity contribution in [2.45, 2.75) is 52.8 Å². The number of anilines is 1. The number of nitrogens with zero attached hydrogens (tertiary/aromatic N) is 8. The number of fused-ring (bicyclic) bond motifs is 1. The zero-order valence-corrected chi connectivity index (χ0v) is 24.4. The highest BCUT2D eigenvalue weighted by molar-refractivity contribution is 5.95. The van der Waals surface area contributed by atoms with Crippen molar-refractivity contribution in [3.05, 3.63) is 81.3 Å². The maximum atomic E-state index is 12.9. The molecule has 2 aromatic carbocycles. The molecule has 0 bridgehead atoms. The second-order valence-corrected chi connectivity index (χ2v) is 10.0. The van der Waals surface area contributed by atoms with Crippen molar-refractivity contribution in [2.24, 2.45) is 0 Å². The van der Waals surface area contributed by atoms with E-state index < -0.39 is 17.5 Å². The molecule has 0 saturated heterocycles. The van der Waals surface area contributed by atoms with E-state index >= 15 is 0 Å². The fraction of sp³-hybridized carbons (Fsp3) is 0.345. The molecule has 4 aromatic rings. The molecule has 1 amide bonds. The summed E-state index contributed by atoms with van der Waals surface area (Å²) in [6.45, 7) is 5.41. The molecule has 0 radical (unpaired) electrons. The number of aryl methyl sites for hydroxylation is 2. The lowest BCUT2D eigenvalue weighted by Gasteiger charge is -2.29. The third kappa shape index (κ3) is 6.94. The van der Waals surface area contributed by atoms with E-state index in [1.807, 2.05) is 62.4 Å². The van der Waals surface area contributed by atoms with Crippen LogP contribution in [0.2, 0.25) is 0 Å². The van der Waals surface area contributed by atoms with Gasteiger partial charge in [-0.1, -0.05) is 48.5 Å². The van der Waals surface area contributed by atoms with Crippen molar-refractivity contribution in [3.63, 3.8) is 0 Å². The third-order valence-corrected chi connectivity index (χ3v) is 6.95. The van der Waals surface area contributed by atoms with Crippen molar-refractivity contribution in [1.82, 2.24) is 30.2 Å². The summed E-state index contributed by atoms with van der Waals surface area (Å²) in [7, 11) is 0. The minimum Gasteiger partial charge on any atom is -0.434 e. The Morgan fingerprint density at radius 2 is 1.80 bits per heavy atom. The van der Waals surface area contributed by atoms with Crippen LogP contribution in [0.15, 0.2) is 48.5 Å². The first-order chi connectivity index (χ1) is 21.2. The van der Waals surface area contributed by atoms with Gasteiger partial charge in [-0.05, 0) is 49.1 Å². The van der Waals surface area contributed by atoms with E-state index in [4.69, 9.17) is 9.47 Å². The van der Waals surface area contributed by atoms with Crippen molar-refractivity contribution in [3.8, 4) is 22.5 Å². The number of tetrazole rings is 1. The van der Waals surface area contributed by atoms with Gasteiger partial charge in [-0.2, -0.15) is 0 Å². The average molecular weight is 603 g/mol. The molecule has 0 aliphatic carbocycles. The van der Waals surface area contributed by atoms with Crippen LogP contribution in [0.1, 0.15) is 48.6 Å². The molecule has 15 heteroatoms. The average Bonchev–Trinajstić information content (AvgIpc) is 3.49. The Hall–Kier alpha value is -5.47. The summed E-state index contributed by atoms with van der Waals surface area (Å²) in [5, 5.41) is 21.8. The second-order valence-electron chi connectivity index (χ2n) is 10.0. The zero-order valence-electron chi connectivity index (χ0n) is 24.4. The van der Waals surface area contributed by atoms with E-state index in [1.54, 1.807) is 11.8 Å². The molecule has 3 heterocycles. The Bertz CT molecular complexity index is 1670. The van der Waals surface area contributed by atoms with Gasteiger partial charge >= 0.3 is 6.16 Å². The van der Waals surface area contributed by atoms with Gasteiger partial charge in [-0.25, -0.2) is 14.8 Å². The van der Waals surface area contributed by atoms with Crippen LogP contribution in [-0.4, -0.2) is 60.5 Å². The monoisotopic (exact) mass is 602 g/mol. The topological polar surface area (TPSA) is 178 Å². The third-order valence-electron chi connectivity index (χ3n) is 6.95. The highest BCUT2D eigenvalue weighted by Crippen LogP contribution is 2.32. The Morgan fingerprint density at radius 1 is 1.05 bits per heavy atom. The molecule has 1 aliphatic heterocycles. The molecule has 0 saturated carbocycles. The van der Waals surface area contributed by atoms with Crippen LogP contribution in [0.25, 0.3) is 22.5 Å². The molecule has 2 aromatic heterocycles. The molecule has 228 valence electrons. The minimum absolute atomic E-state index is 0.0346. The van der Waals surface area contributed by atoms with Crippen molar-refractivity contribution < 1.29 is 29.0 Å². The van der Waals surface area contributed by atoms with E-state index in [0.29, 0.717) is 36.9 Å². The van der Waals surface area contributed by atoms with Gasteiger partial charge in [0, 0.05) is 29.7 Å². The molecular formula is C29H30N8O7. The van der Waals surface area contributed by atoms with E-state index in [1.165, 1.54) is 0 Å². The first kappa shape index (κ1) is 30.0. The molecule has 0 N–H and O–H groups in total. The number of hydrogen-bond acceptors (Lipinski definition) is 12.